The van der Waals surface area contributed by atoms with Gasteiger partial charge in [-0.3, -0.25) is 4.18 Å². The van der Waals surface area contributed by atoms with Crippen LogP contribution in [0, 0.1) is 6.92 Å². The molecule has 0 aliphatic carbocycles. The molecule has 4 aromatic heterocycles. The maximum atomic E-state index is 12.1. The summed E-state index contributed by atoms with van der Waals surface area (Å²) in [5, 5.41) is 15.7. The Bertz CT molecular complexity index is 2460. The first-order chi connectivity index (χ1) is 28.2. The highest BCUT2D eigenvalue weighted by atomic mass is 35.5. The first kappa shape index (κ1) is 43.8. The number of aromatic nitrogens is 4. The van der Waals surface area contributed by atoms with Crippen LogP contribution >= 0.6 is 12.4 Å². The summed E-state index contributed by atoms with van der Waals surface area (Å²) in [6.07, 6.45) is 14.3. The summed E-state index contributed by atoms with van der Waals surface area (Å²) in [6.45, 7) is 6.61. The lowest BCUT2D eigenvalue weighted by molar-refractivity contribution is 0.224. The minimum Gasteiger partial charge on any atom is -0.437 e. The van der Waals surface area contributed by atoms with Gasteiger partial charge in [-0.1, -0.05) is 78.4 Å². The van der Waals surface area contributed by atoms with Crippen molar-refractivity contribution < 1.29 is 17.6 Å². The Morgan fingerprint density at radius 2 is 1.47 bits per heavy atom. The van der Waals surface area contributed by atoms with Crippen LogP contribution in [0.5, 0.6) is 0 Å². The van der Waals surface area contributed by atoms with E-state index in [9.17, 15) is 13.4 Å². The SMILES string of the molecule is CB(O)N1CCC[C@@H]1COS(=O)(=O)c1ccc(C)cc1.Cl.c1ccc(Cc2c[nH]c3ncccc23)cc1.c1ccc(Cc2cn(C[C@@H]3CCCN3)c3ncccc23)cc1. The Morgan fingerprint density at radius 1 is 0.814 bits per heavy atom. The summed E-state index contributed by atoms with van der Waals surface area (Å²) in [4.78, 5) is 14.1. The van der Waals surface area contributed by atoms with Crippen molar-refractivity contribution in [2.45, 2.75) is 75.8 Å². The predicted octanol–water partition coefficient (Wildman–Crippen LogP) is 8.23. The van der Waals surface area contributed by atoms with Gasteiger partial charge in [0, 0.05) is 54.2 Å². The number of hydrogen-bond donors (Lipinski definition) is 3. The second-order valence-corrected chi connectivity index (χ2v) is 16.8. The number of aryl methyl sites for hydroxylation is 1. The molecule has 2 saturated heterocycles. The van der Waals surface area contributed by atoms with Crippen molar-refractivity contribution in [2.24, 2.45) is 0 Å². The molecule has 59 heavy (non-hydrogen) atoms. The van der Waals surface area contributed by atoms with Crippen molar-refractivity contribution in [1.82, 2.24) is 29.6 Å². The molecule has 0 radical (unpaired) electrons. The summed E-state index contributed by atoms with van der Waals surface area (Å²) in [5.74, 6) is 0. The molecule has 10 nitrogen and oxygen atoms in total. The van der Waals surface area contributed by atoms with Gasteiger partial charge in [-0.25, -0.2) is 9.97 Å². The Hall–Kier alpha value is -4.82. The van der Waals surface area contributed by atoms with Gasteiger partial charge in [-0.2, -0.15) is 8.42 Å². The molecule has 2 fully saturated rings. The van der Waals surface area contributed by atoms with Crippen LogP contribution in [0.2, 0.25) is 6.82 Å². The van der Waals surface area contributed by atoms with Crippen molar-refractivity contribution in [2.75, 3.05) is 19.7 Å². The van der Waals surface area contributed by atoms with Gasteiger partial charge in [0.15, 0.2) is 0 Å². The van der Waals surface area contributed by atoms with Gasteiger partial charge in [-0.15, -0.1) is 12.4 Å². The van der Waals surface area contributed by atoms with Crippen LogP contribution in [0.3, 0.4) is 0 Å². The predicted molar refractivity (Wildman–Crippen MR) is 240 cm³/mol. The molecule has 0 unspecified atom stereocenters. The number of benzene rings is 3. The number of rotatable bonds is 11. The van der Waals surface area contributed by atoms with E-state index in [2.05, 4.69) is 97.8 Å². The third kappa shape index (κ3) is 11.7. The third-order valence-corrected chi connectivity index (χ3v) is 12.2. The second-order valence-electron chi connectivity index (χ2n) is 15.2. The fourth-order valence-corrected chi connectivity index (χ4v) is 8.83. The molecule has 3 aromatic carbocycles. The quantitative estimate of drug-likeness (QED) is 0.0880. The van der Waals surface area contributed by atoms with Crippen LogP contribution in [-0.4, -0.2) is 76.6 Å². The van der Waals surface area contributed by atoms with E-state index in [1.165, 1.54) is 45.9 Å². The van der Waals surface area contributed by atoms with Crippen molar-refractivity contribution in [3.05, 3.63) is 162 Å². The maximum absolute atomic E-state index is 12.1. The van der Waals surface area contributed by atoms with E-state index in [-0.39, 0.29) is 30.0 Å². The van der Waals surface area contributed by atoms with E-state index >= 15 is 0 Å². The maximum Gasteiger partial charge on any atom is 0.376 e. The Balaban J connectivity index is 0.000000149. The van der Waals surface area contributed by atoms with E-state index in [1.807, 2.05) is 48.5 Å². The number of nitrogens with one attached hydrogen (secondary N) is 2. The minimum absolute atomic E-state index is 0. The van der Waals surface area contributed by atoms with E-state index < -0.39 is 17.2 Å². The smallest absolute Gasteiger partial charge is 0.376 e. The van der Waals surface area contributed by atoms with Crippen molar-refractivity contribution in [1.29, 1.82) is 0 Å². The molecule has 0 bridgehead atoms. The van der Waals surface area contributed by atoms with Crippen LogP contribution in [0.25, 0.3) is 22.1 Å². The monoisotopic (exact) mass is 832 g/mol. The van der Waals surface area contributed by atoms with E-state index in [1.54, 1.807) is 31.1 Å². The lowest BCUT2D eigenvalue weighted by Crippen LogP contribution is -2.43. The van der Waals surface area contributed by atoms with Crippen molar-refractivity contribution in [3.8, 4) is 0 Å². The lowest BCUT2D eigenvalue weighted by Gasteiger charge is -2.24. The molecule has 308 valence electrons. The van der Waals surface area contributed by atoms with Crippen LogP contribution in [0.1, 0.15) is 53.5 Å². The highest BCUT2D eigenvalue weighted by molar-refractivity contribution is 7.86. The number of hydrogen-bond acceptors (Lipinski definition) is 8. The molecule has 13 heteroatoms. The van der Waals surface area contributed by atoms with Gasteiger partial charge in [0.1, 0.15) is 11.3 Å². The second kappa shape index (κ2) is 20.9. The summed E-state index contributed by atoms with van der Waals surface area (Å²) in [7, 11) is -4.30. The molecule has 3 N–H and O–H groups in total. The number of aromatic amines is 1. The van der Waals surface area contributed by atoms with Crippen LogP contribution < -0.4 is 5.32 Å². The number of pyridine rings is 2. The lowest BCUT2D eigenvalue weighted by atomic mass is 9.84. The Kier molecular flexibility index (Phi) is 15.5. The zero-order valence-corrected chi connectivity index (χ0v) is 35.4. The van der Waals surface area contributed by atoms with E-state index in [0.717, 1.165) is 62.2 Å². The zero-order valence-electron chi connectivity index (χ0n) is 33.8. The fraction of sp³-hybridized carbons (Fsp3) is 0.304. The molecule has 2 atom stereocenters. The zero-order chi connectivity index (χ0) is 40.3. The van der Waals surface area contributed by atoms with Crippen LogP contribution in [0.4, 0.5) is 0 Å². The largest absolute Gasteiger partial charge is 0.437 e. The molecule has 2 aliphatic heterocycles. The Labute approximate surface area is 354 Å². The summed E-state index contributed by atoms with van der Waals surface area (Å²) in [5.41, 5.74) is 8.42. The molecule has 0 saturated carbocycles. The van der Waals surface area contributed by atoms with Crippen LogP contribution in [-0.2, 0) is 33.7 Å². The first-order valence-electron chi connectivity index (χ1n) is 20.3. The number of H-pyrrole nitrogens is 1. The third-order valence-electron chi connectivity index (χ3n) is 10.9. The van der Waals surface area contributed by atoms with Gasteiger partial charge in [0.05, 0.1) is 11.5 Å². The fourth-order valence-electron chi connectivity index (χ4n) is 7.89. The van der Waals surface area contributed by atoms with Gasteiger partial charge in [0.25, 0.3) is 10.1 Å². The molecule has 0 amide bonds. The molecule has 7 aromatic rings. The normalized spacial score (nSPS) is 16.5. The average molecular weight is 833 g/mol. The molecular weight excluding hydrogens is 779 g/mol. The van der Waals surface area contributed by atoms with E-state index in [4.69, 9.17) is 4.18 Å². The van der Waals surface area contributed by atoms with Crippen LogP contribution in [0.15, 0.2) is 139 Å². The molecule has 2 aliphatic rings. The number of nitrogens with zero attached hydrogens (tertiary/aromatic N) is 4. The standard InChI is InChI=1S/C19H21N3.C14H12N2.C13H20BNO4S.ClH/c1-2-6-15(7-3-1)12-16-13-22(14-17-8-4-10-20-17)19-18(16)9-5-11-21-19;1-2-5-11(6-3-1)9-12-10-16-14-13(12)7-4-8-15-14;1-11-5-7-13(8-6-11)20(17,18)19-10-12-4-3-9-15(12)14(2)16;/h1-3,5-7,9,11,13,17,20H,4,8,10,12,14H2;1-8,10H,9H2,(H,15,16);5-8,12,16H,3-4,9-10H2,1-2H3;1H/t17-;;12-;/m0.1./s1. The Morgan fingerprint density at radius 3 is 2.14 bits per heavy atom. The van der Waals surface area contributed by atoms with Gasteiger partial charge >= 0.3 is 7.05 Å². The molecule has 6 heterocycles. The van der Waals surface area contributed by atoms with Crippen molar-refractivity contribution >= 4 is 51.6 Å². The molecule has 9 rings (SSSR count). The van der Waals surface area contributed by atoms with Gasteiger partial charge in [0.2, 0.25) is 0 Å². The number of halogens is 1. The molecular formula is C46H54BClN6O4S. The van der Waals surface area contributed by atoms with Crippen molar-refractivity contribution in [3.63, 3.8) is 0 Å². The summed E-state index contributed by atoms with van der Waals surface area (Å²) >= 11 is 0. The molecule has 0 spiro atoms. The highest BCUT2D eigenvalue weighted by Gasteiger charge is 2.31. The summed E-state index contributed by atoms with van der Waals surface area (Å²) < 4.78 is 31.6. The first-order valence-corrected chi connectivity index (χ1v) is 21.7. The van der Waals surface area contributed by atoms with Gasteiger partial charge < -0.3 is 24.7 Å². The van der Waals surface area contributed by atoms with Gasteiger partial charge in [-0.05, 0) is 124 Å². The van der Waals surface area contributed by atoms with E-state index in [0.29, 0.717) is 6.04 Å². The average Bonchev–Trinajstić information content (AvgIpc) is 4.08. The summed E-state index contributed by atoms with van der Waals surface area (Å²) in [6, 6.07) is 36.6. The topological polar surface area (TPSA) is 125 Å². The number of fused-ring (bicyclic) bond motifs is 2. The minimum atomic E-state index is -3.72. The highest BCUT2D eigenvalue weighted by Crippen LogP contribution is 2.24.